The molecule has 0 aliphatic rings. The average molecular weight is 401 g/mol. The number of carbonyl (C=O) groups excluding carboxylic acids is 1. The van der Waals surface area contributed by atoms with E-state index in [0.717, 1.165) is 6.54 Å². The molecule has 0 bridgehead atoms. The quantitative estimate of drug-likeness (QED) is 0.390. The molecular weight excluding hydrogens is 376 g/mol. The van der Waals surface area contributed by atoms with Gasteiger partial charge in [0.25, 0.3) is 5.91 Å². The van der Waals surface area contributed by atoms with E-state index in [1.807, 2.05) is 42.1 Å². The van der Waals surface area contributed by atoms with Crippen LogP contribution in [0.2, 0.25) is 0 Å². The molecule has 0 fully saturated rings. The maximum Gasteiger partial charge on any atom is 0.251 e. The first-order chi connectivity index (χ1) is 14.2. The summed E-state index contributed by atoms with van der Waals surface area (Å²) in [5, 5.41) is 4.65. The third-order valence-corrected chi connectivity index (χ3v) is 6.20. The smallest absolute Gasteiger partial charge is 0.251 e. The van der Waals surface area contributed by atoms with Crippen LogP contribution in [0.1, 0.15) is 28.1 Å². The molecule has 1 atom stereocenters. The largest absolute Gasteiger partial charge is 0.350 e. The molecule has 146 valence electrons. The zero-order valence-corrected chi connectivity index (χ0v) is 17.2. The molecule has 0 saturated heterocycles. The third kappa shape index (κ3) is 4.54. The van der Waals surface area contributed by atoms with E-state index in [4.69, 9.17) is 0 Å². The lowest BCUT2D eigenvalue weighted by Gasteiger charge is -2.10. The van der Waals surface area contributed by atoms with Crippen molar-refractivity contribution in [3.05, 3.63) is 102 Å². The van der Waals surface area contributed by atoms with Gasteiger partial charge in [-0.25, -0.2) is 0 Å². The lowest BCUT2D eigenvalue weighted by molar-refractivity contribution is 0.0952. The summed E-state index contributed by atoms with van der Waals surface area (Å²) < 4.78 is 2.24. The Morgan fingerprint density at radius 1 is 0.931 bits per heavy atom. The van der Waals surface area contributed by atoms with Crippen molar-refractivity contribution in [1.29, 1.82) is 0 Å². The number of aromatic nitrogens is 1. The van der Waals surface area contributed by atoms with Crippen LogP contribution in [0.4, 0.5) is 0 Å². The van der Waals surface area contributed by atoms with Crippen LogP contribution in [0.15, 0.2) is 96.0 Å². The molecule has 0 spiro atoms. The standard InChI is InChI=1S/C25H24N2OS/c1-19(20-10-4-2-5-11-20)29-24-18-27(23-15-9-8-14-22(23)24)17-16-26-25(28)21-12-6-3-7-13-21/h2-15,18-19H,16-17H2,1H3,(H,26,28). The lowest BCUT2D eigenvalue weighted by Crippen LogP contribution is -2.26. The maximum absolute atomic E-state index is 12.3. The van der Waals surface area contributed by atoms with Crippen molar-refractivity contribution >= 4 is 28.6 Å². The van der Waals surface area contributed by atoms with E-state index in [1.54, 1.807) is 0 Å². The van der Waals surface area contributed by atoms with Crippen LogP contribution in [0.25, 0.3) is 10.9 Å². The van der Waals surface area contributed by atoms with E-state index in [0.29, 0.717) is 17.4 Å². The minimum absolute atomic E-state index is 0.0330. The summed E-state index contributed by atoms with van der Waals surface area (Å²) in [6.07, 6.45) is 2.21. The van der Waals surface area contributed by atoms with Crippen molar-refractivity contribution in [3.8, 4) is 0 Å². The lowest BCUT2D eigenvalue weighted by atomic mass is 10.2. The number of amides is 1. The number of rotatable bonds is 7. The summed E-state index contributed by atoms with van der Waals surface area (Å²) in [5.74, 6) is -0.0330. The zero-order valence-electron chi connectivity index (χ0n) is 16.4. The first-order valence-corrected chi connectivity index (χ1v) is 10.7. The van der Waals surface area contributed by atoms with Gasteiger partial charge in [0, 0.05) is 45.9 Å². The normalized spacial score (nSPS) is 12.0. The number of para-hydroxylation sites is 1. The minimum atomic E-state index is -0.0330. The summed E-state index contributed by atoms with van der Waals surface area (Å²) in [6, 6.07) is 28.4. The minimum Gasteiger partial charge on any atom is -0.350 e. The van der Waals surface area contributed by atoms with Crippen LogP contribution >= 0.6 is 11.8 Å². The molecule has 4 heteroatoms. The average Bonchev–Trinajstić information content (AvgIpc) is 3.12. The monoisotopic (exact) mass is 400 g/mol. The summed E-state index contributed by atoms with van der Waals surface area (Å²) in [6.45, 7) is 3.57. The van der Waals surface area contributed by atoms with E-state index >= 15 is 0 Å². The van der Waals surface area contributed by atoms with Gasteiger partial charge in [0.05, 0.1) is 0 Å². The number of benzene rings is 3. The molecule has 4 aromatic rings. The fourth-order valence-corrected chi connectivity index (χ4v) is 4.62. The molecule has 29 heavy (non-hydrogen) atoms. The van der Waals surface area contributed by atoms with Crippen LogP contribution in [-0.4, -0.2) is 17.0 Å². The molecule has 1 heterocycles. The highest BCUT2D eigenvalue weighted by Gasteiger charge is 2.13. The van der Waals surface area contributed by atoms with Crippen LogP contribution < -0.4 is 5.32 Å². The predicted molar refractivity (Wildman–Crippen MR) is 121 cm³/mol. The number of carbonyl (C=O) groups is 1. The molecule has 0 radical (unpaired) electrons. The van der Waals surface area contributed by atoms with Crippen molar-refractivity contribution < 1.29 is 4.79 Å². The Hall–Kier alpha value is -2.98. The molecule has 0 aliphatic carbocycles. The van der Waals surface area contributed by atoms with Gasteiger partial charge in [-0.3, -0.25) is 4.79 Å². The van der Waals surface area contributed by atoms with E-state index in [2.05, 4.69) is 77.6 Å². The van der Waals surface area contributed by atoms with Crippen molar-refractivity contribution in [2.24, 2.45) is 0 Å². The molecule has 1 aromatic heterocycles. The fraction of sp³-hybridized carbons (Fsp3) is 0.160. The van der Waals surface area contributed by atoms with Gasteiger partial charge in [-0.1, -0.05) is 66.7 Å². The number of fused-ring (bicyclic) bond motifs is 1. The van der Waals surface area contributed by atoms with Crippen LogP contribution in [-0.2, 0) is 6.54 Å². The van der Waals surface area contributed by atoms with Crippen LogP contribution in [0.5, 0.6) is 0 Å². The molecule has 0 aliphatic heterocycles. The first-order valence-electron chi connectivity index (χ1n) is 9.85. The second kappa shape index (κ2) is 9.01. The van der Waals surface area contributed by atoms with E-state index in [-0.39, 0.29) is 5.91 Å². The molecule has 1 amide bonds. The van der Waals surface area contributed by atoms with Gasteiger partial charge >= 0.3 is 0 Å². The van der Waals surface area contributed by atoms with Crippen molar-refractivity contribution in [1.82, 2.24) is 9.88 Å². The van der Waals surface area contributed by atoms with E-state index in [9.17, 15) is 4.79 Å². The van der Waals surface area contributed by atoms with Gasteiger partial charge in [-0.15, -0.1) is 11.8 Å². The van der Waals surface area contributed by atoms with Crippen molar-refractivity contribution in [2.45, 2.75) is 23.6 Å². The van der Waals surface area contributed by atoms with Gasteiger partial charge in [-0.05, 0) is 30.7 Å². The van der Waals surface area contributed by atoms with Crippen molar-refractivity contribution in [3.63, 3.8) is 0 Å². The molecule has 4 rings (SSSR count). The number of nitrogens with zero attached hydrogens (tertiary/aromatic N) is 1. The van der Waals surface area contributed by atoms with Gasteiger partial charge in [-0.2, -0.15) is 0 Å². The molecule has 3 aromatic carbocycles. The maximum atomic E-state index is 12.3. The fourth-order valence-electron chi connectivity index (χ4n) is 3.46. The third-order valence-electron chi connectivity index (χ3n) is 5.00. The summed E-state index contributed by atoms with van der Waals surface area (Å²) in [4.78, 5) is 13.6. The highest BCUT2D eigenvalue weighted by molar-refractivity contribution is 7.99. The predicted octanol–water partition coefficient (Wildman–Crippen LogP) is 5.92. The van der Waals surface area contributed by atoms with E-state index < -0.39 is 0 Å². The van der Waals surface area contributed by atoms with Gasteiger partial charge < -0.3 is 9.88 Å². The Balaban J connectivity index is 1.48. The van der Waals surface area contributed by atoms with Crippen LogP contribution in [0, 0.1) is 0 Å². The molecule has 1 N–H and O–H groups in total. The molecule has 0 saturated carbocycles. The Morgan fingerprint density at radius 2 is 1.59 bits per heavy atom. The molecule has 1 unspecified atom stereocenters. The number of nitrogens with one attached hydrogen (secondary N) is 1. The Bertz CT molecular complexity index is 1090. The second-order valence-corrected chi connectivity index (χ2v) is 8.38. The molecular formula is C25H24N2OS. The zero-order chi connectivity index (χ0) is 20.1. The highest BCUT2D eigenvalue weighted by atomic mass is 32.2. The summed E-state index contributed by atoms with van der Waals surface area (Å²) >= 11 is 1.88. The van der Waals surface area contributed by atoms with Crippen molar-refractivity contribution in [2.75, 3.05) is 6.54 Å². The Labute approximate surface area is 175 Å². The number of thioether (sulfide) groups is 1. The SMILES string of the molecule is CC(Sc1cn(CCNC(=O)c2ccccc2)c2ccccc12)c1ccccc1. The van der Waals surface area contributed by atoms with Gasteiger partial charge in [0.2, 0.25) is 0 Å². The molecule has 3 nitrogen and oxygen atoms in total. The number of hydrogen-bond donors (Lipinski definition) is 1. The first kappa shape index (κ1) is 19.3. The topological polar surface area (TPSA) is 34.0 Å². The van der Waals surface area contributed by atoms with Gasteiger partial charge in [0.1, 0.15) is 0 Å². The summed E-state index contributed by atoms with van der Waals surface area (Å²) in [7, 11) is 0. The highest BCUT2D eigenvalue weighted by Crippen LogP contribution is 2.39. The van der Waals surface area contributed by atoms with E-state index in [1.165, 1.54) is 21.4 Å². The Kier molecular flexibility index (Phi) is 6.01. The Morgan fingerprint density at radius 3 is 2.34 bits per heavy atom. The van der Waals surface area contributed by atoms with Crippen LogP contribution in [0.3, 0.4) is 0 Å². The van der Waals surface area contributed by atoms with Gasteiger partial charge in [0.15, 0.2) is 0 Å². The summed E-state index contributed by atoms with van der Waals surface area (Å²) in [5.41, 5.74) is 3.21. The second-order valence-electron chi connectivity index (χ2n) is 7.00. The number of hydrogen-bond acceptors (Lipinski definition) is 2.